The molecule has 0 fully saturated rings. The van der Waals surface area contributed by atoms with Gasteiger partial charge in [-0.15, -0.1) is 0 Å². The molecule has 1 aliphatic rings. The number of fused-ring (bicyclic) bond motifs is 1. The lowest BCUT2D eigenvalue weighted by Crippen LogP contribution is -2.22. The highest BCUT2D eigenvalue weighted by Gasteiger charge is 2.20. The van der Waals surface area contributed by atoms with E-state index in [1.54, 1.807) is 0 Å². The summed E-state index contributed by atoms with van der Waals surface area (Å²) < 4.78 is 5.86. The fourth-order valence-corrected chi connectivity index (χ4v) is 2.66. The molecule has 0 amide bonds. The number of halogens is 1. The van der Waals surface area contributed by atoms with Crippen molar-refractivity contribution in [3.05, 3.63) is 64.7 Å². The largest absolute Gasteiger partial charge is 0.381 e. The second kappa shape index (κ2) is 5.64. The maximum absolute atomic E-state index is 6.14. The van der Waals surface area contributed by atoms with Crippen molar-refractivity contribution in [2.75, 3.05) is 18.5 Å². The van der Waals surface area contributed by atoms with Crippen LogP contribution in [0.5, 0.6) is 0 Å². The normalized spacial score (nSPS) is 17.8. The van der Waals surface area contributed by atoms with Crippen LogP contribution in [-0.4, -0.2) is 13.2 Å². The third-order valence-corrected chi connectivity index (χ3v) is 3.77. The maximum atomic E-state index is 6.14. The zero-order chi connectivity index (χ0) is 13.1. The summed E-state index contributed by atoms with van der Waals surface area (Å²) in [7, 11) is 0. The number of para-hydroxylation sites is 1. The number of nitrogens with one attached hydrogen (secondary N) is 1. The van der Waals surface area contributed by atoms with Crippen LogP contribution >= 0.6 is 11.6 Å². The Morgan fingerprint density at radius 2 is 1.89 bits per heavy atom. The fourth-order valence-electron chi connectivity index (χ4n) is 2.45. The molecule has 98 valence electrons. The molecule has 0 aromatic heterocycles. The van der Waals surface area contributed by atoms with Crippen LogP contribution in [-0.2, 0) is 11.2 Å². The number of anilines is 1. The van der Waals surface area contributed by atoms with E-state index in [9.17, 15) is 0 Å². The third kappa shape index (κ3) is 2.75. The summed E-state index contributed by atoms with van der Waals surface area (Å²) in [6, 6.07) is 16.3. The molecule has 0 aliphatic carbocycles. The molecule has 0 saturated heterocycles. The predicted octanol–water partition coefficient (Wildman–Crippen LogP) is 4.07. The first-order valence-electron chi connectivity index (χ1n) is 6.52. The van der Waals surface area contributed by atoms with Gasteiger partial charge >= 0.3 is 0 Å². The molecule has 0 saturated carbocycles. The van der Waals surface area contributed by atoms with Gasteiger partial charge in [-0.25, -0.2) is 0 Å². The van der Waals surface area contributed by atoms with Gasteiger partial charge in [0.1, 0.15) is 0 Å². The van der Waals surface area contributed by atoms with E-state index in [1.165, 1.54) is 11.1 Å². The Bertz CT molecular complexity index is 570. The average Bonchev–Trinajstić information content (AvgIpc) is 2.46. The second-order valence-corrected chi connectivity index (χ2v) is 5.08. The van der Waals surface area contributed by atoms with Crippen LogP contribution in [0.2, 0.25) is 5.02 Å². The summed E-state index contributed by atoms with van der Waals surface area (Å²) in [5.74, 6) is 0. The van der Waals surface area contributed by atoms with Crippen molar-refractivity contribution in [1.29, 1.82) is 0 Å². The molecule has 0 radical (unpaired) electrons. The first-order chi connectivity index (χ1) is 9.34. The molecule has 1 unspecified atom stereocenters. The summed E-state index contributed by atoms with van der Waals surface area (Å²) in [4.78, 5) is 0. The van der Waals surface area contributed by atoms with Gasteiger partial charge in [-0.3, -0.25) is 0 Å². The van der Waals surface area contributed by atoms with E-state index >= 15 is 0 Å². The smallest absolute Gasteiger partial charge is 0.0999 e. The van der Waals surface area contributed by atoms with E-state index in [0.717, 1.165) is 30.3 Å². The van der Waals surface area contributed by atoms with E-state index in [2.05, 4.69) is 29.6 Å². The summed E-state index contributed by atoms with van der Waals surface area (Å²) in [6.07, 6.45) is 1.10. The highest BCUT2D eigenvalue weighted by Crippen LogP contribution is 2.28. The first-order valence-corrected chi connectivity index (χ1v) is 6.90. The molecule has 0 spiro atoms. The molecule has 3 rings (SSSR count). The molecule has 1 heterocycles. The van der Waals surface area contributed by atoms with Crippen LogP contribution < -0.4 is 5.32 Å². The Kier molecular flexibility index (Phi) is 3.72. The van der Waals surface area contributed by atoms with Crippen LogP contribution in [0, 0.1) is 0 Å². The number of rotatable bonds is 3. The minimum atomic E-state index is 0.0984. The lowest BCUT2D eigenvalue weighted by Gasteiger charge is -2.26. The Balaban J connectivity index is 1.73. The SMILES string of the molecule is Clc1ccccc1NCC1OCCc2ccccc21. The topological polar surface area (TPSA) is 21.3 Å². The van der Waals surface area contributed by atoms with Crippen molar-refractivity contribution in [2.45, 2.75) is 12.5 Å². The van der Waals surface area contributed by atoms with E-state index in [-0.39, 0.29) is 6.10 Å². The van der Waals surface area contributed by atoms with Gasteiger partial charge in [-0.1, -0.05) is 48.0 Å². The molecule has 3 heteroatoms. The Hall–Kier alpha value is -1.51. The Morgan fingerprint density at radius 3 is 2.79 bits per heavy atom. The van der Waals surface area contributed by atoms with Gasteiger partial charge in [0.25, 0.3) is 0 Å². The second-order valence-electron chi connectivity index (χ2n) is 4.67. The molecule has 1 N–H and O–H groups in total. The minimum Gasteiger partial charge on any atom is -0.381 e. The first kappa shape index (κ1) is 12.5. The van der Waals surface area contributed by atoms with E-state index in [4.69, 9.17) is 16.3 Å². The van der Waals surface area contributed by atoms with Gasteiger partial charge in [0.05, 0.1) is 23.4 Å². The van der Waals surface area contributed by atoms with Gasteiger partial charge in [-0.05, 0) is 29.7 Å². The molecule has 1 atom stereocenters. The predicted molar refractivity (Wildman–Crippen MR) is 78.8 cm³/mol. The number of hydrogen-bond donors (Lipinski definition) is 1. The molecule has 2 nitrogen and oxygen atoms in total. The van der Waals surface area contributed by atoms with Crippen LogP contribution in [0.15, 0.2) is 48.5 Å². The minimum absolute atomic E-state index is 0.0984. The van der Waals surface area contributed by atoms with Crippen molar-refractivity contribution in [2.24, 2.45) is 0 Å². The number of benzene rings is 2. The number of ether oxygens (including phenoxy) is 1. The Labute approximate surface area is 118 Å². The summed E-state index contributed by atoms with van der Waals surface area (Å²) in [6.45, 7) is 1.52. The van der Waals surface area contributed by atoms with Crippen molar-refractivity contribution in [1.82, 2.24) is 0 Å². The summed E-state index contributed by atoms with van der Waals surface area (Å²) in [5.41, 5.74) is 3.63. The molecule has 0 bridgehead atoms. The molecule has 19 heavy (non-hydrogen) atoms. The molecule has 1 aliphatic heterocycles. The van der Waals surface area contributed by atoms with Crippen molar-refractivity contribution >= 4 is 17.3 Å². The zero-order valence-electron chi connectivity index (χ0n) is 10.6. The van der Waals surface area contributed by atoms with Gasteiger partial charge < -0.3 is 10.1 Å². The molecular weight excluding hydrogens is 258 g/mol. The quantitative estimate of drug-likeness (QED) is 0.910. The Morgan fingerprint density at radius 1 is 1.11 bits per heavy atom. The van der Waals surface area contributed by atoms with Gasteiger partial charge in [0.2, 0.25) is 0 Å². The van der Waals surface area contributed by atoms with Crippen molar-refractivity contribution < 1.29 is 4.74 Å². The highest BCUT2D eigenvalue weighted by atomic mass is 35.5. The highest BCUT2D eigenvalue weighted by molar-refractivity contribution is 6.33. The molecule has 2 aromatic carbocycles. The zero-order valence-corrected chi connectivity index (χ0v) is 11.4. The maximum Gasteiger partial charge on any atom is 0.0999 e. The fraction of sp³-hybridized carbons (Fsp3) is 0.250. The van der Waals surface area contributed by atoms with Crippen LogP contribution in [0.25, 0.3) is 0 Å². The standard InChI is InChI=1S/C16H16ClNO/c17-14-7-3-4-8-15(14)18-11-16-13-6-2-1-5-12(13)9-10-19-16/h1-8,16,18H,9-11H2. The van der Waals surface area contributed by atoms with E-state index in [1.807, 2.05) is 24.3 Å². The lowest BCUT2D eigenvalue weighted by molar-refractivity contribution is 0.0513. The average molecular weight is 274 g/mol. The van der Waals surface area contributed by atoms with E-state index < -0.39 is 0 Å². The van der Waals surface area contributed by atoms with Gasteiger partial charge in [0, 0.05) is 6.54 Å². The summed E-state index contributed by atoms with van der Waals surface area (Å²) >= 11 is 6.14. The van der Waals surface area contributed by atoms with Crippen LogP contribution in [0.1, 0.15) is 17.2 Å². The van der Waals surface area contributed by atoms with E-state index in [0.29, 0.717) is 0 Å². The monoisotopic (exact) mass is 273 g/mol. The molecule has 2 aromatic rings. The van der Waals surface area contributed by atoms with Gasteiger partial charge in [0.15, 0.2) is 0 Å². The van der Waals surface area contributed by atoms with Crippen molar-refractivity contribution in [3.8, 4) is 0 Å². The van der Waals surface area contributed by atoms with Crippen LogP contribution in [0.4, 0.5) is 5.69 Å². The molecular formula is C16H16ClNO. The third-order valence-electron chi connectivity index (χ3n) is 3.44. The van der Waals surface area contributed by atoms with Crippen LogP contribution in [0.3, 0.4) is 0 Å². The lowest BCUT2D eigenvalue weighted by atomic mass is 9.97. The van der Waals surface area contributed by atoms with Crippen molar-refractivity contribution in [3.63, 3.8) is 0 Å². The summed E-state index contributed by atoms with van der Waals surface area (Å²) in [5, 5.41) is 4.11. The number of hydrogen-bond acceptors (Lipinski definition) is 2. The van der Waals surface area contributed by atoms with Gasteiger partial charge in [-0.2, -0.15) is 0 Å².